The average Bonchev–Trinajstić information content (AvgIpc) is 2.33. The minimum atomic E-state index is 0.546. The molecule has 1 aromatic rings. The molecule has 0 amide bonds. The zero-order valence-corrected chi connectivity index (χ0v) is 13.6. The van der Waals surface area contributed by atoms with Gasteiger partial charge in [0.15, 0.2) is 0 Å². The van der Waals surface area contributed by atoms with Crippen LogP contribution in [0.15, 0.2) is 12.1 Å². The van der Waals surface area contributed by atoms with Crippen molar-refractivity contribution in [3.8, 4) is 0 Å². The smallest absolute Gasteiger partial charge is 0.0652 e. The van der Waals surface area contributed by atoms with Crippen LogP contribution in [0.1, 0.15) is 38.7 Å². The minimum Gasteiger partial charge on any atom is -0.310 e. The Morgan fingerprint density at radius 3 is 2.21 bits per heavy atom. The van der Waals surface area contributed by atoms with Gasteiger partial charge >= 0.3 is 0 Å². The number of rotatable bonds is 3. The average molecular weight is 321 g/mol. The first-order valence-corrected chi connectivity index (χ1v) is 7.96. The van der Waals surface area contributed by atoms with Gasteiger partial charge < -0.3 is 5.32 Å². The molecule has 4 heteroatoms. The molecule has 1 saturated carbocycles. The molecule has 0 radical (unpaired) electrons. The van der Waals surface area contributed by atoms with Crippen molar-refractivity contribution >= 4 is 34.8 Å². The lowest BCUT2D eigenvalue weighted by molar-refractivity contribution is 0.238. The fourth-order valence-corrected chi connectivity index (χ4v) is 3.77. The fourth-order valence-electron chi connectivity index (χ4n) is 3.09. The summed E-state index contributed by atoms with van der Waals surface area (Å²) in [6.07, 6.45) is 3.77. The van der Waals surface area contributed by atoms with E-state index in [0.29, 0.717) is 27.7 Å². The van der Waals surface area contributed by atoms with Crippen molar-refractivity contribution in [3.63, 3.8) is 0 Å². The highest BCUT2D eigenvalue weighted by Crippen LogP contribution is 2.32. The topological polar surface area (TPSA) is 12.0 Å². The quantitative estimate of drug-likeness (QED) is 0.719. The molecule has 0 bridgehead atoms. The fraction of sp³-hybridized carbons (Fsp3) is 0.600. The molecule has 2 unspecified atom stereocenters. The van der Waals surface area contributed by atoms with Crippen LogP contribution in [0.3, 0.4) is 0 Å². The largest absolute Gasteiger partial charge is 0.310 e. The second kappa shape index (κ2) is 6.67. The Bertz CT molecular complexity index is 437. The Morgan fingerprint density at radius 1 is 1.00 bits per heavy atom. The van der Waals surface area contributed by atoms with Gasteiger partial charge in [0.2, 0.25) is 0 Å². The lowest BCUT2D eigenvalue weighted by Crippen LogP contribution is -2.36. The summed E-state index contributed by atoms with van der Waals surface area (Å²) < 4.78 is 0. The van der Waals surface area contributed by atoms with Gasteiger partial charge in [-0.1, -0.05) is 48.7 Å². The molecule has 0 heterocycles. The van der Waals surface area contributed by atoms with Crippen molar-refractivity contribution in [1.82, 2.24) is 5.32 Å². The van der Waals surface area contributed by atoms with E-state index in [0.717, 1.165) is 17.4 Å². The van der Waals surface area contributed by atoms with E-state index in [-0.39, 0.29) is 0 Å². The summed E-state index contributed by atoms with van der Waals surface area (Å²) in [7, 11) is 0. The molecule has 1 N–H and O–H groups in total. The standard InChI is InChI=1S/C15H20Cl3N/c1-9-5-10(2)7-11(6-9)19-8-12-13(16)3-4-14(17)15(12)18/h3-4,9-11,19H,5-8H2,1-2H3. The van der Waals surface area contributed by atoms with E-state index in [1.165, 1.54) is 19.3 Å². The molecule has 19 heavy (non-hydrogen) atoms. The lowest BCUT2D eigenvalue weighted by atomic mass is 9.80. The van der Waals surface area contributed by atoms with E-state index >= 15 is 0 Å². The van der Waals surface area contributed by atoms with Gasteiger partial charge in [0.1, 0.15) is 0 Å². The number of nitrogens with one attached hydrogen (secondary N) is 1. The molecule has 2 rings (SSSR count). The predicted octanol–water partition coefficient (Wildman–Crippen LogP) is 5.56. The Kier molecular flexibility index (Phi) is 5.42. The molecule has 0 aromatic heterocycles. The third-order valence-electron chi connectivity index (χ3n) is 3.88. The molecule has 0 aliphatic heterocycles. The SMILES string of the molecule is CC1CC(C)CC(NCc2c(Cl)ccc(Cl)c2Cl)C1. The molecule has 1 aromatic carbocycles. The highest BCUT2D eigenvalue weighted by Gasteiger charge is 2.23. The third kappa shape index (κ3) is 4.01. The summed E-state index contributed by atoms with van der Waals surface area (Å²) in [4.78, 5) is 0. The molecule has 1 fully saturated rings. The zero-order valence-electron chi connectivity index (χ0n) is 11.3. The second-order valence-corrected chi connectivity index (χ2v) is 7.01. The van der Waals surface area contributed by atoms with Crippen LogP contribution in [-0.2, 0) is 6.54 Å². The Balaban J connectivity index is 2.01. The van der Waals surface area contributed by atoms with E-state index in [1.54, 1.807) is 12.1 Å². The summed E-state index contributed by atoms with van der Waals surface area (Å²) >= 11 is 18.4. The van der Waals surface area contributed by atoms with Gasteiger partial charge in [-0.2, -0.15) is 0 Å². The first-order chi connectivity index (χ1) is 8.97. The van der Waals surface area contributed by atoms with Crippen molar-refractivity contribution in [2.75, 3.05) is 0 Å². The van der Waals surface area contributed by atoms with Gasteiger partial charge in [0.05, 0.1) is 10.0 Å². The van der Waals surface area contributed by atoms with Gasteiger partial charge in [0.25, 0.3) is 0 Å². The van der Waals surface area contributed by atoms with Crippen LogP contribution in [0.25, 0.3) is 0 Å². The number of hydrogen-bond donors (Lipinski definition) is 1. The van der Waals surface area contributed by atoms with Crippen LogP contribution in [0, 0.1) is 11.8 Å². The van der Waals surface area contributed by atoms with E-state index < -0.39 is 0 Å². The maximum Gasteiger partial charge on any atom is 0.0652 e. The highest BCUT2D eigenvalue weighted by molar-refractivity contribution is 6.44. The summed E-state index contributed by atoms with van der Waals surface area (Å²) in [5.74, 6) is 1.57. The van der Waals surface area contributed by atoms with Crippen molar-refractivity contribution in [3.05, 3.63) is 32.8 Å². The first kappa shape index (κ1) is 15.4. The minimum absolute atomic E-state index is 0.546. The molecule has 2 atom stereocenters. The molecule has 0 saturated heterocycles. The zero-order chi connectivity index (χ0) is 14.0. The van der Waals surface area contributed by atoms with Crippen molar-refractivity contribution in [2.24, 2.45) is 11.8 Å². The lowest BCUT2D eigenvalue weighted by Gasteiger charge is -2.32. The Hall–Kier alpha value is 0.0500. The van der Waals surface area contributed by atoms with Crippen LogP contribution in [0.2, 0.25) is 15.1 Å². The summed E-state index contributed by atoms with van der Waals surface area (Å²) in [6.45, 7) is 5.33. The second-order valence-electron chi connectivity index (χ2n) is 5.82. The predicted molar refractivity (Wildman–Crippen MR) is 84.3 cm³/mol. The molecular weight excluding hydrogens is 301 g/mol. The van der Waals surface area contributed by atoms with Gasteiger partial charge in [0, 0.05) is 23.2 Å². The Labute approximate surface area is 130 Å². The first-order valence-electron chi connectivity index (χ1n) is 6.83. The molecule has 0 spiro atoms. The van der Waals surface area contributed by atoms with Crippen LogP contribution in [0.5, 0.6) is 0 Å². The van der Waals surface area contributed by atoms with E-state index in [9.17, 15) is 0 Å². The van der Waals surface area contributed by atoms with Gasteiger partial charge in [-0.05, 0) is 43.2 Å². The van der Waals surface area contributed by atoms with Crippen LogP contribution >= 0.6 is 34.8 Å². The van der Waals surface area contributed by atoms with Crippen molar-refractivity contribution < 1.29 is 0 Å². The molecule has 1 aliphatic carbocycles. The number of benzene rings is 1. The van der Waals surface area contributed by atoms with Gasteiger partial charge in [-0.3, -0.25) is 0 Å². The highest BCUT2D eigenvalue weighted by atomic mass is 35.5. The van der Waals surface area contributed by atoms with Crippen LogP contribution in [-0.4, -0.2) is 6.04 Å². The third-order valence-corrected chi connectivity index (χ3v) is 5.08. The molecule has 1 aliphatic rings. The summed E-state index contributed by atoms with van der Waals surface area (Å²) in [6, 6.07) is 4.09. The maximum atomic E-state index is 6.22. The van der Waals surface area contributed by atoms with Crippen molar-refractivity contribution in [2.45, 2.75) is 45.7 Å². The van der Waals surface area contributed by atoms with E-state index in [1.807, 2.05) is 0 Å². The molecule has 1 nitrogen and oxygen atoms in total. The number of halogens is 3. The molecular formula is C15H20Cl3N. The summed E-state index contributed by atoms with van der Waals surface area (Å²) in [5.41, 5.74) is 0.904. The van der Waals surface area contributed by atoms with Crippen LogP contribution in [0.4, 0.5) is 0 Å². The maximum absolute atomic E-state index is 6.22. The molecule has 106 valence electrons. The van der Waals surface area contributed by atoms with Gasteiger partial charge in [-0.15, -0.1) is 0 Å². The number of hydrogen-bond acceptors (Lipinski definition) is 1. The van der Waals surface area contributed by atoms with E-state index in [2.05, 4.69) is 19.2 Å². The van der Waals surface area contributed by atoms with Gasteiger partial charge in [-0.25, -0.2) is 0 Å². The monoisotopic (exact) mass is 319 g/mol. The van der Waals surface area contributed by atoms with Crippen molar-refractivity contribution in [1.29, 1.82) is 0 Å². The van der Waals surface area contributed by atoms with E-state index in [4.69, 9.17) is 34.8 Å². The summed E-state index contributed by atoms with van der Waals surface area (Å²) in [5, 5.41) is 5.39. The normalized spacial score (nSPS) is 27.5. The Morgan fingerprint density at radius 2 is 1.58 bits per heavy atom. The van der Waals surface area contributed by atoms with Crippen LogP contribution < -0.4 is 5.32 Å².